The zero-order chi connectivity index (χ0) is 12.3. The molecule has 0 N–H and O–H groups in total. The molecular formula is C13H16FNO2. The van der Waals surface area contributed by atoms with E-state index in [0.29, 0.717) is 18.9 Å². The molecule has 1 saturated carbocycles. The maximum absolute atomic E-state index is 12.6. The van der Waals surface area contributed by atoms with E-state index in [0.717, 1.165) is 12.8 Å². The van der Waals surface area contributed by atoms with Crippen LogP contribution >= 0.6 is 0 Å². The normalized spacial score (nSPS) is 14.5. The van der Waals surface area contributed by atoms with Gasteiger partial charge in [0.1, 0.15) is 18.2 Å². The zero-order valence-corrected chi connectivity index (χ0v) is 9.86. The van der Waals surface area contributed by atoms with E-state index >= 15 is 0 Å². The highest BCUT2D eigenvalue weighted by Gasteiger charge is 2.31. The Kier molecular flexibility index (Phi) is 3.61. The molecule has 1 amide bonds. The number of carbonyl (C=O) groups excluding carboxylic acids is 1. The molecule has 1 aliphatic rings. The summed E-state index contributed by atoms with van der Waals surface area (Å²) >= 11 is 0. The number of ether oxygens (including phenoxy) is 1. The van der Waals surface area contributed by atoms with Gasteiger partial charge in [0.25, 0.3) is 0 Å². The van der Waals surface area contributed by atoms with E-state index in [9.17, 15) is 9.18 Å². The van der Waals surface area contributed by atoms with E-state index in [1.54, 1.807) is 24.1 Å². The van der Waals surface area contributed by atoms with Crippen molar-refractivity contribution < 1.29 is 13.9 Å². The Morgan fingerprint density at radius 3 is 2.65 bits per heavy atom. The molecular weight excluding hydrogens is 221 g/mol. The molecule has 92 valence electrons. The van der Waals surface area contributed by atoms with E-state index in [1.807, 2.05) is 0 Å². The molecule has 4 heteroatoms. The molecule has 0 radical (unpaired) electrons. The summed E-state index contributed by atoms with van der Waals surface area (Å²) in [5, 5.41) is 0. The number of amides is 1. The van der Waals surface area contributed by atoms with E-state index in [1.165, 1.54) is 12.1 Å². The van der Waals surface area contributed by atoms with E-state index in [-0.39, 0.29) is 17.6 Å². The van der Waals surface area contributed by atoms with Crippen molar-refractivity contribution in [2.75, 3.05) is 20.2 Å². The highest BCUT2D eigenvalue weighted by atomic mass is 19.1. The summed E-state index contributed by atoms with van der Waals surface area (Å²) < 4.78 is 18.1. The standard InChI is InChI=1S/C13H16FNO2/c1-15(13(16)10-2-3-10)8-9-17-12-6-4-11(14)5-7-12/h4-7,10H,2-3,8-9H2,1H3. The van der Waals surface area contributed by atoms with Gasteiger partial charge in [0.2, 0.25) is 5.91 Å². The lowest BCUT2D eigenvalue weighted by atomic mass is 10.3. The Balaban J connectivity index is 1.71. The van der Waals surface area contributed by atoms with Crippen molar-refractivity contribution in [3.05, 3.63) is 30.1 Å². The molecule has 17 heavy (non-hydrogen) atoms. The molecule has 0 unspecified atom stereocenters. The van der Waals surface area contributed by atoms with Gasteiger partial charge in [-0.25, -0.2) is 4.39 Å². The lowest BCUT2D eigenvalue weighted by molar-refractivity contribution is -0.131. The third kappa shape index (κ3) is 3.44. The average molecular weight is 237 g/mol. The summed E-state index contributed by atoms with van der Waals surface area (Å²) in [6, 6.07) is 5.87. The molecule has 0 heterocycles. The molecule has 0 aliphatic heterocycles. The van der Waals surface area contributed by atoms with Crippen molar-refractivity contribution in [1.82, 2.24) is 4.90 Å². The molecule has 0 spiro atoms. The topological polar surface area (TPSA) is 29.5 Å². The Morgan fingerprint density at radius 2 is 2.06 bits per heavy atom. The Bertz CT molecular complexity index is 387. The minimum Gasteiger partial charge on any atom is -0.492 e. The molecule has 0 bridgehead atoms. The fraction of sp³-hybridized carbons (Fsp3) is 0.462. The number of nitrogens with zero attached hydrogens (tertiary/aromatic N) is 1. The molecule has 0 saturated heterocycles. The first-order valence-electron chi connectivity index (χ1n) is 5.80. The third-order valence-corrected chi connectivity index (χ3v) is 2.81. The van der Waals surface area contributed by atoms with E-state index < -0.39 is 0 Å². The summed E-state index contributed by atoms with van der Waals surface area (Å²) in [7, 11) is 1.79. The first kappa shape index (κ1) is 11.9. The predicted octanol–water partition coefficient (Wildman–Crippen LogP) is 2.07. The van der Waals surface area contributed by atoms with Crippen LogP contribution in [0.25, 0.3) is 0 Å². The summed E-state index contributed by atoms with van der Waals surface area (Å²) in [6.07, 6.45) is 2.03. The summed E-state index contributed by atoms with van der Waals surface area (Å²) in [5.74, 6) is 0.788. The van der Waals surface area contributed by atoms with Gasteiger partial charge < -0.3 is 9.64 Å². The van der Waals surface area contributed by atoms with Crippen LogP contribution in [0.2, 0.25) is 0 Å². The molecule has 1 fully saturated rings. The minimum atomic E-state index is -0.279. The number of likely N-dealkylation sites (N-methyl/N-ethyl adjacent to an activating group) is 1. The fourth-order valence-electron chi connectivity index (χ4n) is 1.58. The Hall–Kier alpha value is -1.58. The number of benzene rings is 1. The smallest absolute Gasteiger partial charge is 0.225 e. The molecule has 3 nitrogen and oxygen atoms in total. The fourth-order valence-corrected chi connectivity index (χ4v) is 1.58. The number of hydrogen-bond acceptors (Lipinski definition) is 2. The quantitative estimate of drug-likeness (QED) is 0.784. The van der Waals surface area contributed by atoms with Crippen LogP contribution in [-0.2, 0) is 4.79 Å². The molecule has 1 aliphatic carbocycles. The van der Waals surface area contributed by atoms with Crippen LogP contribution in [0, 0.1) is 11.7 Å². The van der Waals surface area contributed by atoms with Gasteiger partial charge in [-0.15, -0.1) is 0 Å². The molecule has 2 rings (SSSR count). The molecule has 0 atom stereocenters. The van der Waals surface area contributed by atoms with Crippen molar-refractivity contribution >= 4 is 5.91 Å². The van der Waals surface area contributed by atoms with Crippen molar-refractivity contribution in [2.24, 2.45) is 5.92 Å². The second-order valence-corrected chi connectivity index (χ2v) is 4.34. The SMILES string of the molecule is CN(CCOc1ccc(F)cc1)C(=O)C1CC1. The van der Waals surface area contributed by atoms with Gasteiger partial charge in [-0.3, -0.25) is 4.79 Å². The third-order valence-electron chi connectivity index (χ3n) is 2.81. The van der Waals surface area contributed by atoms with Gasteiger partial charge in [0, 0.05) is 13.0 Å². The van der Waals surface area contributed by atoms with Crippen molar-refractivity contribution in [3.63, 3.8) is 0 Å². The monoisotopic (exact) mass is 237 g/mol. The van der Waals surface area contributed by atoms with Gasteiger partial charge in [-0.1, -0.05) is 0 Å². The number of halogens is 1. The maximum atomic E-state index is 12.6. The summed E-state index contributed by atoms with van der Waals surface area (Å²) in [5.41, 5.74) is 0. The number of rotatable bonds is 5. The number of carbonyl (C=O) groups is 1. The lowest BCUT2D eigenvalue weighted by Gasteiger charge is -2.17. The predicted molar refractivity (Wildman–Crippen MR) is 62.3 cm³/mol. The van der Waals surface area contributed by atoms with Gasteiger partial charge in [0.15, 0.2) is 0 Å². The van der Waals surface area contributed by atoms with Crippen LogP contribution in [0.3, 0.4) is 0 Å². The first-order valence-corrected chi connectivity index (χ1v) is 5.80. The van der Waals surface area contributed by atoms with Crippen LogP contribution in [0.1, 0.15) is 12.8 Å². The summed E-state index contributed by atoms with van der Waals surface area (Å²) in [6.45, 7) is 0.993. The van der Waals surface area contributed by atoms with Crippen LogP contribution < -0.4 is 4.74 Å². The van der Waals surface area contributed by atoms with Gasteiger partial charge >= 0.3 is 0 Å². The number of hydrogen-bond donors (Lipinski definition) is 0. The molecule has 1 aromatic rings. The second kappa shape index (κ2) is 5.17. The average Bonchev–Trinajstić information content (AvgIpc) is 3.14. The van der Waals surface area contributed by atoms with Gasteiger partial charge in [-0.2, -0.15) is 0 Å². The van der Waals surface area contributed by atoms with Crippen LogP contribution in [0.15, 0.2) is 24.3 Å². The van der Waals surface area contributed by atoms with Crippen LogP contribution in [-0.4, -0.2) is 31.0 Å². The molecule has 0 aromatic heterocycles. The van der Waals surface area contributed by atoms with E-state index in [4.69, 9.17) is 4.74 Å². The highest BCUT2D eigenvalue weighted by molar-refractivity contribution is 5.80. The Labute approximate surface area is 100 Å². The second-order valence-electron chi connectivity index (χ2n) is 4.34. The zero-order valence-electron chi connectivity index (χ0n) is 9.86. The highest BCUT2D eigenvalue weighted by Crippen LogP contribution is 2.30. The van der Waals surface area contributed by atoms with E-state index in [2.05, 4.69) is 0 Å². The van der Waals surface area contributed by atoms with Crippen LogP contribution in [0.5, 0.6) is 5.75 Å². The largest absolute Gasteiger partial charge is 0.492 e. The van der Waals surface area contributed by atoms with Gasteiger partial charge in [-0.05, 0) is 37.1 Å². The Morgan fingerprint density at radius 1 is 1.41 bits per heavy atom. The first-order chi connectivity index (χ1) is 8.16. The summed E-state index contributed by atoms with van der Waals surface area (Å²) in [4.78, 5) is 13.3. The maximum Gasteiger partial charge on any atom is 0.225 e. The van der Waals surface area contributed by atoms with Gasteiger partial charge in [0.05, 0.1) is 6.54 Å². The van der Waals surface area contributed by atoms with Crippen LogP contribution in [0.4, 0.5) is 4.39 Å². The van der Waals surface area contributed by atoms with Crippen molar-refractivity contribution in [1.29, 1.82) is 0 Å². The lowest BCUT2D eigenvalue weighted by Crippen LogP contribution is -2.31. The minimum absolute atomic E-state index is 0.202. The van der Waals surface area contributed by atoms with Crippen molar-refractivity contribution in [3.8, 4) is 5.75 Å². The molecule has 1 aromatic carbocycles. The van der Waals surface area contributed by atoms with Crippen molar-refractivity contribution in [2.45, 2.75) is 12.8 Å².